The van der Waals surface area contributed by atoms with E-state index in [0.717, 1.165) is 18.9 Å². The number of piperidine rings is 1. The number of hydrogen-bond donors (Lipinski definition) is 2. The van der Waals surface area contributed by atoms with Crippen LogP contribution >= 0.6 is 0 Å². The fourth-order valence-electron chi connectivity index (χ4n) is 2.74. The van der Waals surface area contributed by atoms with Crippen molar-refractivity contribution in [2.24, 2.45) is 11.3 Å². The van der Waals surface area contributed by atoms with E-state index in [0.29, 0.717) is 11.2 Å². The molecule has 0 atom stereocenters. The second-order valence-corrected chi connectivity index (χ2v) is 5.10. The molecule has 5 heteroatoms. The first-order chi connectivity index (χ1) is 8.73. The number of aromatic nitrogens is 2. The van der Waals surface area contributed by atoms with Crippen LogP contribution in [0, 0.1) is 5.41 Å². The van der Waals surface area contributed by atoms with Crippen LogP contribution in [0.15, 0.2) is 12.4 Å². The highest BCUT2D eigenvalue weighted by atomic mass is 15.3. The van der Waals surface area contributed by atoms with Crippen molar-refractivity contribution in [3.05, 3.63) is 12.4 Å². The zero-order valence-corrected chi connectivity index (χ0v) is 11.3. The highest BCUT2D eigenvalue weighted by Crippen LogP contribution is 2.38. The molecule has 0 spiro atoms. The second kappa shape index (κ2) is 5.52. The summed E-state index contributed by atoms with van der Waals surface area (Å²) in [4.78, 5) is 10.9. The summed E-state index contributed by atoms with van der Waals surface area (Å²) in [7, 11) is 0. The molecule has 1 aromatic rings. The zero-order valence-electron chi connectivity index (χ0n) is 11.3. The van der Waals surface area contributed by atoms with Crippen molar-refractivity contribution >= 4 is 11.6 Å². The smallest absolute Gasteiger partial charge is 0.160 e. The molecule has 0 saturated carbocycles. The third-order valence-corrected chi connectivity index (χ3v) is 4.42. The van der Waals surface area contributed by atoms with Crippen molar-refractivity contribution in [3.63, 3.8) is 0 Å². The molecule has 2 heterocycles. The summed E-state index contributed by atoms with van der Waals surface area (Å²) >= 11 is 0. The van der Waals surface area contributed by atoms with Gasteiger partial charge in [-0.2, -0.15) is 0 Å². The van der Waals surface area contributed by atoms with E-state index in [1.54, 1.807) is 6.20 Å². The van der Waals surface area contributed by atoms with E-state index < -0.39 is 0 Å². The lowest BCUT2D eigenvalue weighted by molar-refractivity contribution is 0.199. The normalized spacial score (nSPS) is 18.7. The molecule has 1 aromatic heterocycles. The first-order valence-corrected chi connectivity index (χ1v) is 6.76. The maximum absolute atomic E-state index is 5.36. The number of nitrogens with one attached hydrogen (secondary N) is 1. The molecule has 1 aliphatic rings. The van der Waals surface area contributed by atoms with Crippen LogP contribution in [-0.2, 0) is 0 Å². The van der Waals surface area contributed by atoms with Crippen molar-refractivity contribution in [1.29, 1.82) is 0 Å². The minimum absolute atomic E-state index is 0.535. The van der Waals surface area contributed by atoms with Gasteiger partial charge in [0.2, 0.25) is 0 Å². The molecule has 0 bridgehead atoms. The number of hydrazine groups is 1. The van der Waals surface area contributed by atoms with E-state index in [-0.39, 0.29) is 0 Å². The molecule has 1 aliphatic heterocycles. The van der Waals surface area contributed by atoms with Gasteiger partial charge in [0, 0.05) is 13.1 Å². The van der Waals surface area contributed by atoms with Gasteiger partial charge in [-0.25, -0.2) is 10.8 Å². The lowest BCUT2D eigenvalue weighted by Gasteiger charge is -2.41. The largest absolute Gasteiger partial charge is 0.355 e. The predicted molar refractivity (Wildman–Crippen MR) is 74.3 cm³/mol. The Morgan fingerprint density at radius 1 is 1.28 bits per heavy atom. The quantitative estimate of drug-likeness (QED) is 0.632. The molecule has 1 fully saturated rings. The van der Waals surface area contributed by atoms with Crippen LogP contribution in [0.5, 0.6) is 0 Å². The molecular weight excluding hydrogens is 226 g/mol. The predicted octanol–water partition coefficient (Wildman–Crippen LogP) is 2.17. The second-order valence-electron chi connectivity index (χ2n) is 5.10. The molecule has 3 N–H and O–H groups in total. The fraction of sp³-hybridized carbons (Fsp3) is 0.692. The molecule has 0 amide bonds. The minimum Gasteiger partial charge on any atom is -0.355 e. The monoisotopic (exact) mass is 249 g/mol. The zero-order chi connectivity index (χ0) is 13.0. The van der Waals surface area contributed by atoms with Crippen molar-refractivity contribution in [1.82, 2.24) is 9.97 Å². The summed E-state index contributed by atoms with van der Waals surface area (Å²) in [5.41, 5.74) is 3.08. The summed E-state index contributed by atoms with van der Waals surface area (Å²) in [6.07, 6.45) is 8.46. The summed E-state index contributed by atoms with van der Waals surface area (Å²) in [5, 5.41) is 0. The Kier molecular flexibility index (Phi) is 4.01. The van der Waals surface area contributed by atoms with Crippen LogP contribution in [-0.4, -0.2) is 23.1 Å². The van der Waals surface area contributed by atoms with Crippen LogP contribution in [0.25, 0.3) is 0 Å². The Morgan fingerprint density at radius 2 is 1.94 bits per heavy atom. The molecule has 0 radical (unpaired) electrons. The first kappa shape index (κ1) is 13.1. The van der Waals surface area contributed by atoms with E-state index >= 15 is 0 Å². The van der Waals surface area contributed by atoms with Crippen LogP contribution in [0.4, 0.5) is 11.6 Å². The molecule has 5 nitrogen and oxygen atoms in total. The number of anilines is 2. The van der Waals surface area contributed by atoms with Gasteiger partial charge in [-0.1, -0.05) is 26.7 Å². The van der Waals surface area contributed by atoms with E-state index in [2.05, 4.69) is 34.1 Å². The Labute approximate surface area is 109 Å². The number of rotatable bonds is 4. The van der Waals surface area contributed by atoms with Gasteiger partial charge in [-0.05, 0) is 18.3 Å². The summed E-state index contributed by atoms with van der Waals surface area (Å²) in [6, 6.07) is 0. The van der Waals surface area contributed by atoms with Gasteiger partial charge in [0.25, 0.3) is 0 Å². The van der Waals surface area contributed by atoms with Crippen LogP contribution < -0.4 is 16.2 Å². The minimum atomic E-state index is 0.535. The van der Waals surface area contributed by atoms with Gasteiger partial charge in [0.1, 0.15) is 5.82 Å². The lowest BCUT2D eigenvalue weighted by atomic mass is 9.74. The molecular formula is C13H23N5. The molecule has 0 unspecified atom stereocenters. The maximum atomic E-state index is 5.36. The van der Waals surface area contributed by atoms with Gasteiger partial charge >= 0.3 is 0 Å². The topological polar surface area (TPSA) is 67.1 Å². The number of nitrogens with zero attached hydrogens (tertiary/aromatic N) is 3. The van der Waals surface area contributed by atoms with Gasteiger partial charge in [0.05, 0.1) is 12.4 Å². The van der Waals surface area contributed by atoms with Crippen molar-refractivity contribution in [2.75, 3.05) is 23.4 Å². The van der Waals surface area contributed by atoms with Gasteiger partial charge in [-0.15, -0.1) is 0 Å². The van der Waals surface area contributed by atoms with E-state index in [4.69, 9.17) is 5.84 Å². The average molecular weight is 249 g/mol. The number of nitrogens with two attached hydrogens (primary N) is 1. The summed E-state index contributed by atoms with van der Waals surface area (Å²) < 4.78 is 0. The van der Waals surface area contributed by atoms with Crippen molar-refractivity contribution < 1.29 is 0 Å². The summed E-state index contributed by atoms with van der Waals surface area (Å²) in [5.74, 6) is 6.91. The van der Waals surface area contributed by atoms with Crippen molar-refractivity contribution in [3.8, 4) is 0 Å². The maximum Gasteiger partial charge on any atom is 0.160 e. The standard InChI is InChI=1S/C13H23N5/c1-3-13(4-2)5-7-18(8-6-13)12-10-15-9-11(16-12)17-14/h9-10H,3-8,14H2,1-2H3,(H,16,17). The van der Waals surface area contributed by atoms with Crippen molar-refractivity contribution in [2.45, 2.75) is 39.5 Å². The Hall–Kier alpha value is -1.36. The van der Waals surface area contributed by atoms with E-state index in [1.165, 1.54) is 25.7 Å². The Balaban J connectivity index is 2.04. The fourth-order valence-corrected chi connectivity index (χ4v) is 2.74. The van der Waals surface area contributed by atoms with Gasteiger partial charge in [-0.3, -0.25) is 4.98 Å². The highest BCUT2D eigenvalue weighted by Gasteiger charge is 2.31. The Morgan fingerprint density at radius 3 is 2.50 bits per heavy atom. The molecule has 1 saturated heterocycles. The molecule has 2 rings (SSSR count). The summed E-state index contributed by atoms with van der Waals surface area (Å²) in [6.45, 7) is 6.73. The SMILES string of the molecule is CCC1(CC)CCN(c2cncc(NN)n2)CC1. The lowest BCUT2D eigenvalue weighted by Crippen LogP contribution is -2.40. The third kappa shape index (κ3) is 2.56. The Bertz CT molecular complexity index is 379. The first-order valence-electron chi connectivity index (χ1n) is 6.76. The molecule has 0 aromatic carbocycles. The van der Waals surface area contributed by atoms with E-state index in [9.17, 15) is 0 Å². The van der Waals surface area contributed by atoms with E-state index in [1.807, 2.05) is 6.20 Å². The number of nitrogen functional groups attached to an aromatic ring is 1. The third-order valence-electron chi connectivity index (χ3n) is 4.42. The van der Waals surface area contributed by atoms with Crippen LogP contribution in [0.2, 0.25) is 0 Å². The average Bonchev–Trinajstić information content (AvgIpc) is 2.47. The highest BCUT2D eigenvalue weighted by molar-refractivity contribution is 5.43. The molecule has 100 valence electrons. The van der Waals surface area contributed by atoms with Crippen LogP contribution in [0.3, 0.4) is 0 Å². The molecule has 0 aliphatic carbocycles. The van der Waals surface area contributed by atoms with Crippen LogP contribution in [0.1, 0.15) is 39.5 Å². The molecule has 18 heavy (non-hydrogen) atoms. The number of hydrogen-bond acceptors (Lipinski definition) is 5. The van der Waals surface area contributed by atoms with Gasteiger partial charge < -0.3 is 10.3 Å². The van der Waals surface area contributed by atoms with Gasteiger partial charge in [0.15, 0.2) is 5.82 Å².